The number of benzene rings is 2. The highest BCUT2D eigenvalue weighted by Crippen LogP contribution is 2.27. The van der Waals surface area contributed by atoms with Crippen LogP contribution in [-0.4, -0.2) is 43.5 Å². The molecule has 0 bridgehead atoms. The number of carbonyl (C=O) groups excluding carboxylic acids is 2. The molecule has 0 saturated heterocycles. The monoisotopic (exact) mass is 477 g/mol. The summed E-state index contributed by atoms with van der Waals surface area (Å²) in [6.07, 6.45) is 3.73. The van der Waals surface area contributed by atoms with Gasteiger partial charge in [0.05, 0.1) is 33.6 Å². The molecule has 0 unspecified atom stereocenters. The Morgan fingerprint density at radius 3 is 2.37 bits per heavy atom. The summed E-state index contributed by atoms with van der Waals surface area (Å²) in [7, 11) is 3.17. The first kappa shape index (κ1) is 24.3. The maximum absolute atomic E-state index is 12.8. The quantitative estimate of drug-likeness (QED) is 0.415. The lowest BCUT2D eigenvalue weighted by molar-refractivity contribution is -0.122. The van der Waals surface area contributed by atoms with Gasteiger partial charge in [0.25, 0.3) is 5.91 Å². The van der Waals surface area contributed by atoms with Gasteiger partial charge in [-0.15, -0.1) is 0 Å². The molecule has 0 atom stereocenters. The van der Waals surface area contributed by atoms with Crippen LogP contribution in [0.25, 0.3) is 0 Å². The minimum Gasteiger partial charge on any atom is -0.493 e. The Bertz CT molecular complexity index is 1120. The Balaban J connectivity index is 1.36. The van der Waals surface area contributed by atoms with Crippen LogP contribution >= 0.6 is 0 Å². The summed E-state index contributed by atoms with van der Waals surface area (Å²) < 4.78 is 16.1. The van der Waals surface area contributed by atoms with Gasteiger partial charge in [0.2, 0.25) is 5.91 Å². The fourth-order valence-corrected chi connectivity index (χ4v) is 3.76. The minimum absolute atomic E-state index is 0.0407. The fraction of sp³-hybridized carbons (Fsp3) is 0.333. The number of methoxy groups -OCH3 is 2. The lowest BCUT2D eigenvalue weighted by Crippen LogP contribution is -2.36. The average Bonchev–Trinajstić information content (AvgIpc) is 3.54. The zero-order chi connectivity index (χ0) is 24.6. The Hall–Kier alpha value is -3.78. The molecule has 1 aliphatic carbocycles. The third-order valence-electron chi connectivity index (χ3n) is 5.80. The first-order valence-electron chi connectivity index (χ1n) is 11.7. The molecule has 0 spiro atoms. The van der Waals surface area contributed by atoms with Crippen molar-refractivity contribution >= 4 is 11.8 Å². The largest absolute Gasteiger partial charge is 0.493 e. The van der Waals surface area contributed by atoms with E-state index in [1.165, 1.54) is 0 Å². The zero-order valence-corrected chi connectivity index (χ0v) is 20.1. The van der Waals surface area contributed by atoms with Gasteiger partial charge in [0, 0.05) is 24.7 Å². The van der Waals surface area contributed by atoms with Gasteiger partial charge in [-0.25, -0.2) is 0 Å². The van der Waals surface area contributed by atoms with Crippen LogP contribution in [0.2, 0.25) is 0 Å². The van der Waals surface area contributed by atoms with Crippen molar-refractivity contribution in [1.82, 2.24) is 15.5 Å². The molecule has 8 heteroatoms. The van der Waals surface area contributed by atoms with Gasteiger partial charge >= 0.3 is 0 Å². The van der Waals surface area contributed by atoms with Crippen molar-refractivity contribution in [3.8, 4) is 11.5 Å². The van der Waals surface area contributed by atoms with Crippen molar-refractivity contribution in [2.24, 2.45) is 0 Å². The van der Waals surface area contributed by atoms with Crippen LogP contribution in [-0.2, 0) is 24.4 Å². The van der Waals surface area contributed by atoms with Crippen molar-refractivity contribution in [1.29, 1.82) is 0 Å². The number of ether oxygens (including phenoxy) is 2. The number of nitrogens with zero attached hydrogens (tertiary/aromatic N) is 1. The fourth-order valence-electron chi connectivity index (χ4n) is 3.76. The summed E-state index contributed by atoms with van der Waals surface area (Å²) in [5, 5.41) is 5.97. The van der Waals surface area contributed by atoms with E-state index in [1.807, 2.05) is 59.5 Å². The predicted molar refractivity (Wildman–Crippen MR) is 131 cm³/mol. The third kappa shape index (κ3) is 7.10. The van der Waals surface area contributed by atoms with Crippen molar-refractivity contribution in [2.45, 2.75) is 38.5 Å². The van der Waals surface area contributed by atoms with E-state index in [1.54, 1.807) is 20.5 Å². The summed E-state index contributed by atoms with van der Waals surface area (Å²) in [5.74, 6) is 1.89. The molecule has 0 radical (unpaired) electrons. The van der Waals surface area contributed by atoms with Gasteiger partial charge < -0.3 is 24.5 Å². The number of nitrogens with one attached hydrogen (secondary N) is 2. The summed E-state index contributed by atoms with van der Waals surface area (Å²) in [5.41, 5.74) is 2.56. The van der Waals surface area contributed by atoms with Crippen molar-refractivity contribution < 1.29 is 23.5 Å². The van der Waals surface area contributed by atoms with E-state index in [-0.39, 0.29) is 18.4 Å². The lowest BCUT2D eigenvalue weighted by Gasteiger charge is -2.21. The molecule has 1 aliphatic rings. The second kappa shape index (κ2) is 11.6. The molecule has 3 aromatic rings. The molecule has 0 aliphatic heterocycles. The topological polar surface area (TPSA) is 93.0 Å². The number of hydrogen-bond donors (Lipinski definition) is 2. The van der Waals surface area contributed by atoms with E-state index >= 15 is 0 Å². The van der Waals surface area contributed by atoms with Gasteiger partial charge in [-0.1, -0.05) is 18.2 Å². The van der Waals surface area contributed by atoms with E-state index in [4.69, 9.17) is 13.9 Å². The minimum atomic E-state index is -0.105. The van der Waals surface area contributed by atoms with Crippen LogP contribution in [0.3, 0.4) is 0 Å². The maximum atomic E-state index is 12.8. The molecule has 1 fully saturated rings. The summed E-state index contributed by atoms with van der Waals surface area (Å²) in [6.45, 7) is 1.59. The number of amides is 2. The summed E-state index contributed by atoms with van der Waals surface area (Å²) >= 11 is 0. The maximum Gasteiger partial charge on any atom is 0.251 e. The SMILES string of the molecule is COc1ccc(CNC(=O)CN(Cc2ccc(C(=O)NC3CC3)cc2)Cc2ccco2)cc1OC. The molecule has 35 heavy (non-hydrogen) atoms. The number of hydrogen-bond acceptors (Lipinski definition) is 6. The van der Waals surface area contributed by atoms with E-state index < -0.39 is 0 Å². The predicted octanol–water partition coefficient (Wildman–Crippen LogP) is 3.51. The lowest BCUT2D eigenvalue weighted by atomic mass is 10.1. The Morgan fingerprint density at radius 1 is 0.971 bits per heavy atom. The molecule has 2 amide bonds. The third-order valence-corrected chi connectivity index (χ3v) is 5.80. The molecule has 1 aromatic heterocycles. The molecule has 1 saturated carbocycles. The van der Waals surface area contributed by atoms with E-state index in [9.17, 15) is 9.59 Å². The smallest absolute Gasteiger partial charge is 0.251 e. The van der Waals surface area contributed by atoms with Gasteiger partial charge in [-0.05, 0) is 60.4 Å². The van der Waals surface area contributed by atoms with E-state index in [0.29, 0.717) is 42.7 Å². The molecule has 2 N–H and O–H groups in total. The number of carbonyl (C=O) groups is 2. The van der Waals surface area contributed by atoms with Crippen LogP contribution in [0.5, 0.6) is 11.5 Å². The van der Waals surface area contributed by atoms with Crippen LogP contribution in [0.4, 0.5) is 0 Å². The molecule has 4 rings (SSSR count). The first-order chi connectivity index (χ1) is 17.0. The average molecular weight is 478 g/mol. The van der Waals surface area contributed by atoms with Gasteiger partial charge in [0.15, 0.2) is 11.5 Å². The van der Waals surface area contributed by atoms with E-state index in [2.05, 4.69) is 10.6 Å². The highest BCUT2D eigenvalue weighted by Gasteiger charge is 2.23. The second-order valence-electron chi connectivity index (χ2n) is 8.64. The molecular formula is C27H31N3O5. The normalized spacial score (nSPS) is 12.9. The van der Waals surface area contributed by atoms with Crippen LogP contribution in [0.1, 0.15) is 40.1 Å². The van der Waals surface area contributed by atoms with Gasteiger partial charge in [0.1, 0.15) is 5.76 Å². The van der Waals surface area contributed by atoms with Crippen LogP contribution < -0.4 is 20.1 Å². The number of furan rings is 1. The summed E-state index contributed by atoms with van der Waals surface area (Å²) in [4.78, 5) is 27.0. The standard InChI is InChI=1S/C27H31N3O5/c1-33-24-12-7-20(14-25(24)34-2)15-28-26(31)18-30(17-23-4-3-13-35-23)16-19-5-8-21(9-6-19)27(32)29-22-10-11-22/h3-9,12-14,22H,10-11,15-18H2,1-2H3,(H,28,31)(H,29,32). The van der Waals surface area contributed by atoms with Gasteiger partial charge in [-0.3, -0.25) is 14.5 Å². The molecule has 184 valence electrons. The number of rotatable bonds is 12. The van der Waals surface area contributed by atoms with Crippen molar-refractivity contribution in [2.75, 3.05) is 20.8 Å². The van der Waals surface area contributed by atoms with Crippen LogP contribution in [0.15, 0.2) is 65.3 Å². The molecule has 1 heterocycles. The zero-order valence-electron chi connectivity index (χ0n) is 20.1. The van der Waals surface area contributed by atoms with E-state index in [0.717, 1.165) is 29.7 Å². The first-order valence-corrected chi connectivity index (χ1v) is 11.7. The highest BCUT2D eigenvalue weighted by molar-refractivity contribution is 5.94. The Labute approximate surface area is 205 Å². The molecular weight excluding hydrogens is 446 g/mol. The van der Waals surface area contributed by atoms with Crippen LogP contribution in [0, 0.1) is 0 Å². The van der Waals surface area contributed by atoms with Gasteiger partial charge in [-0.2, -0.15) is 0 Å². The molecule has 2 aromatic carbocycles. The Kier molecular flexibility index (Phi) is 8.05. The highest BCUT2D eigenvalue weighted by atomic mass is 16.5. The molecule has 8 nitrogen and oxygen atoms in total. The Morgan fingerprint density at radius 2 is 1.71 bits per heavy atom. The van der Waals surface area contributed by atoms with Crippen molar-refractivity contribution in [3.63, 3.8) is 0 Å². The van der Waals surface area contributed by atoms with Crippen molar-refractivity contribution in [3.05, 3.63) is 83.3 Å². The second-order valence-corrected chi connectivity index (χ2v) is 8.64. The summed E-state index contributed by atoms with van der Waals surface area (Å²) in [6, 6.07) is 17.1.